The topological polar surface area (TPSA) is 3.24 Å². The molecule has 0 N–H and O–H groups in total. The first kappa shape index (κ1) is 30.7. The van der Waals surface area contributed by atoms with Crippen molar-refractivity contribution in [2.75, 3.05) is 4.90 Å². The first-order valence-corrected chi connectivity index (χ1v) is 19.8. The Morgan fingerprint density at radius 2 is 0.891 bits per heavy atom. The summed E-state index contributed by atoms with van der Waals surface area (Å²) in [6.07, 6.45) is 0. The molecule has 256 valence electrons. The van der Waals surface area contributed by atoms with Crippen molar-refractivity contribution in [3.63, 3.8) is 0 Å². The Morgan fingerprint density at radius 1 is 0.364 bits per heavy atom. The molecule has 0 amide bonds. The third-order valence-electron chi connectivity index (χ3n) is 12.0. The van der Waals surface area contributed by atoms with E-state index in [-0.39, 0.29) is 5.41 Å². The summed E-state index contributed by atoms with van der Waals surface area (Å²) in [6, 6.07) is 74.3. The van der Waals surface area contributed by atoms with Crippen LogP contribution >= 0.6 is 11.3 Å². The molecule has 1 nitrogen and oxygen atoms in total. The summed E-state index contributed by atoms with van der Waals surface area (Å²) < 4.78 is 1.35. The molecule has 12 rings (SSSR count). The fourth-order valence-corrected chi connectivity index (χ4v) is 11.2. The molecule has 0 saturated heterocycles. The monoisotopic (exact) mass is 715 g/mol. The molecular weight excluding hydrogens is 683 g/mol. The molecule has 0 radical (unpaired) electrons. The van der Waals surface area contributed by atoms with E-state index in [1.54, 1.807) is 0 Å². The Kier molecular flexibility index (Phi) is 6.49. The molecule has 0 aliphatic heterocycles. The van der Waals surface area contributed by atoms with Crippen LogP contribution in [-0.4, -0.2) is 0 Å². The molecule has 55 heavy (non-hydrogen) atoms. The van der Waals surface area contributed by atoms with Crippen molar-refractivity contribution < 1.29 is 0 Å². The van der Waals surface area contributed by atoms with Crippen LogP contribution in [0.1, 0.15) is 21.6 Å². The lowest BCUT2D eigenvalue weighted by atomic mass is 9.73. The minimum Gasteiger partial charge on any atom is -0.310 e. The van der Waals surface area contributed by atoms with Crippen LogP contribution in [0.3, 0.4) is 0 Å². The van der Waals surface area contributed by atoms with Crippen LogP contribution in [0.2, 0.25) is 0 Å². The number of fused-ring (bicyclic) bond motifs is 14. The molecule has 2 heteroatoms. The number of hydrogen-bond donors (Lipinski definition) is 0. The van der Waals surface area contributed by atoms with Gasteiger partial charge in [-0.1, -0.05) is 158 Å². The predicted molar refractivity (Wildman–Crippen MR) is 233 cm³/mol. The van der Waals surface area contributed by atoms with E-state index in [1.807, 2.05) is 11.3 Å². The van der Waals surface area contributed by atoms with Gasteiger partial charge in [0.25, 0.3) is 0 Å². The lowest BCUT2D eigenvalue weighted by Crippen LogP contribution is -2.24. The molecule has 0 fully saturated rings. The highest BCUT2D eigenvalue weighted by atomic mass is 32.1. The Hall–Kier alpha value is -6.74. The SMILES string of the molecule is c1cc(-c2cccc3c2-c2ccccc2C32c3ccccc3-c3c2sc2ccccc32)cc(N(c2ccc3ccccc3c2)c2ccc3ccccc3c2)c1. The van der Waals surface area contributed by atoms with Crippen LogP contribution in [0.4, 0.5) is 17.1 Å². The Bertz CT molecular complexity index is 3110. The molecule has 1 atom stereocenters. The van der Waals surface area contributed by atoms with Crippen LogP contribution in [-0.2, 0) is 5.41 Å². The van der Waals surface area contributed by atoms with E-state index in [2.05, 4.69) is 205 Å². The third-order valence-corrected chi connectivity index (χ3v) is 13.3. The van der Waals surface area contributed by atoms with Gasteiger partial charge >= 0.3 is 0 Å². The van der Waals surface area contributed by atoms with Gasteiger partial charge in [0.15, 0.2) is 0 Å². The highest BCUT2D eigenvalue weighted by Gasteiger charge is 2.53. The molecule has 2 aliphatic carbocycles. The summed E-state index contributed by atoms with van der Waals surface area (Å²) >= 11 is 1.96. The van der Waals surface area contributed by atoms with Gasteiger partial charge in [-0.15, -0.1) is 11.3 Å². The van der Waals surface area contributed by atoms with Crippen LogP contribution in [0.5, 0.6) is 0 Å². The minimum atomic E-state index is -0.378. The van der Waals surface area contributed by atoms with E-state index in [9.17, 15) is 0 Å². The largest absolute Gasteiger partial charge is 0.310 e. The fraction of sp³-hybridized carbons (Fsp3) is 0.0189. The van der Waals surface area contributed by atoms with E-state index < -0.39 is 0 Å². The summed E-state index contributed by atoms with van der Waals surface area (Å²) in [7, 11) is 0. The average molecular weight is 716 g/mol. The maximum Gasteiger partial charge on any atom is 0.0819 e. The summed E-state index contributed by atoms with van der Waals surface area (Å²) in [6.45, 7) is 0. The first-order chi connectivity index (χ1) is 27.3. The Balaban J connectivity index is 1.09. The van der Waals surface area contributed by atoms with Crippen LogP contribution in [0.25, 0.3) is 65.0 Å². The van der Waals surface area contributed by atoms with Crippen molar-refractivity contribution in [1.82, 2.24) is 0 Å². The van der Waals surface area contributed by atoms with Crippen LogP contribution < -0.4 is 4.90 Å². The summed E-state index contributed by atoms with van der Waals surface area (Å²) in [5, 5.41) is 6.27. The van der Waals surface area contributed by atoms with Crippen molar-refractivity contribution in [2.45, 2.75) is 5.41 Å². The molecule has 1 spiro atoms. The quantitative estimate of drug-likeness (QED) is 0.175. The van der Waals surface area contributed by atoms with Gasteiger partial charge in [0, 0.05) is 37.6 Å². The maximum atomic E-state index is 2.41. The molecule has 9 aromatic carbocycles. The fourth-order valence-electron chi connectivity index (χ4n) is 9.72. The van der Waals surface area contributed by atoms with E-state index >= 15 is 0 Å². The summed E-state index contributed by atoms with van der Waals surface area (Å²) in [5.74, 6) is 0. The van der Waals surface area contributed by atoms with E-state index in [1.165, 1.54) is 86.6 Å². The van der Waals surface area contributed by atoms with Gasteiger partial charge in [0.2, 0.25) is 0 Å². The molecule has 2 aliphatic rings. The zero-order valence-electron chi connectivity index (χ0n) is 29.9. The number of hydrogen-bond acceptors (Lipinski definition) is 2. The molecule has 10 aromatic rings. The third kappa shape index (κ3) is 4.29. The second-order valence-corrected chi connectivity index (χ2v) is 15.9. The van der Waals surface area contributed by atoms with Gasteiger partial charge in [0.05, 0.1) is 5.41 Å². The normalized spacial score (nSPS) is 15.0. The standard InChI is InChI=1S/C53H33NS/c1-3-15-36-31-40(29-27-34(36)13-1)54(41-30-28-35-14-2-4-16-37(35)32-41)39-18-11-17-38(33-39)42-22-12-25-48-50(42)43-19-5-8-23-46(43)53(48)47-24-9-6-20-44(47)51-45-21-7-10-26-49(45)55-52(51)53/h1-33H. The first-order valence-electron chi connectivity index (χ1n) is 19.0. The van der Waals surface area contributed by atoms with E-state index in [0.717, 1.165) is 17.1 Å². The summed E-state index contributed by atoms with van der Waals surface area (Å²) in [4.78, 5) is 3.85. The zero-order chi connectivity index (χ0) is 36.1. The second kappa shape index (κ2) is 11.6. The smallest absolute Gasteiger partial charge is 0.0819 e. The Labute approximate surface area is 324 Å². The van der Waals surface area contributed by atoms with Gasteiger partial charge in [0.1, 0.15) is 0 Å². The van der Waals surface area contributed by atoms with E-state index in [0.29, 0.717) is 0 Å². The molecule has 0 saturated carbocycles. The van der Waals surface area contributed by atoms with Gasteiger partial charge in [-0.3, -0.25) is 0 Å². The number of rotatable bonds is 4. The van der Waals surface area contributed by atoms with Crippen molar-refractivity contribution in [3.05, 3.63) is 222 Å². The predicted octanol–water partition coefficient (Wildman–Crippen LogP) is 14.7. The highest BCUT2D eigenvalue weighted by molar-refractivity contribution is 7.20. The van der Waals surface area contributed by atoms with Crippen molar-refractivity contribution in [2.24, 2.45) is 0 Å². The van der Waals surface area contributed by atoms with Crippen LogP contribution in [0.15, 0.2) is 200 Å². The maximum absolute atomic E-state index is 2.41. The molecule has 1 unspecified atom stereocenters. The average Bonchev–Trinajstić information content (AvgIpc) is 3.88. The lowest BCUT2D eigenvalue weighted by Gasteiger charge is -2.29. The second-order valence-electron chi connectivity index (χ2n) is 14.8. The molecule has 1 heterocycles. The number of nitrogens with zero attached hydrogens (tertiary/aromatic N) is 1. The lowest BCUT2D eigenvalue weighted by molar-refractivity contribution is 0.812. The summed E-state index contributed by atoms with van der Waals surface area (Å²) in [5.41, 5.74) is 15.0. The van der Waals surface area contributed by atoms with Crippen LogP contribution in [0, 0.1) is 0 Å². The minimum absolute atomic E-state index is 0.378. The molecule has 0 bridgehead atoms. The zero-order valence-corrected chi connectivity index (χ0v) is 30.7. The number of benzene rings is 9. The molecule has 1 aromatic heterocycles. The van der Waals surface area contributed by atoms with Crippen molar-refractivity contribution in [1.29, 1.82) is 0 Å². The van der Waals surface area contributed by atoms with Crippen molar-refractivity contribution in [3.8, 4) is 33.4 Å². The Morgan fingerprint density at radius 3 is 1.60 bits per heavy atom. The highest BCUT2D eigenvalue weighted by Crippen LogP contribution is 2.66. The molecular formula is C53H33NS. The van der Waals surface area contributed by atoms with Gasteiger partial charge in [-0.25, -0.2) is 0 Å². The number of thiophene rings is 1. The number of anilines is 3. The van der Waals surface area contributed by atoms with Gasteiger partial charge < -0.3 is 4.90 Å². The van der Waals surface area contributed by atoms with Crippen molar-refractivity contribution >= 4 is 60.0 Å². The van der Waals surface area contributed by atoms with E-state index in [4.69, 9.17) is 0 Å². The van der Waals surface area contributed by atoms with Gasteiger partial charge in [-0.05, 0) is 109 Å². The van der Waals surface area contributed by atoms with Gasteiger partial charge in [-0.2, -0.15) is 0 Å².